The number of aromatic nitrogens is 3. The van der Waals surface area contributed by atoms with Gasteiger partial charge >= 0.3 is 0 Å². The fourth-order valence-electron chi connectivity index (χ4n) is 4.64. The van der Waals surface area contributed by atoms with E-state index in [1.165, 1.54) is 5.57 Å². The Hall–Kier alpha value is -4.51. The van der Waals surface area contributed by atoms with E-state index in [1.54, 1.807) is 19.5 Å². The van der Waals surface area contributed by atoms with Crippen LogP contribution in [0.1, 0.15) is 42.8 Å². The van der Waals surface area contributed by atoms with Crippen LogP contribution in [0.25, 0.3) is 0 Å². The molecule has 5 rings (SSSR count). The van der Waals surface area contributed by atoms with Gasteiger partial charge in [0.1, 0.15) is 11.4 Å². The van der Waals surface area contributed by atoms with Crippen molar-refractivity contribution >= 4 is 29.3 Å². The lowest BCUT2D eigenvalue weighted by Crippen LogP contribution is -2.25. The standard InChI is InChI=1S/C29H28N6O2/c1-37-24-4-2-3-23(17-24)33-29(36)22-8-5-20(6-9-22)15-21-16-25-27(32-18-21)28(30)35-26(34-25)10-7-19-11-13-31-14-12-19/h2-4,11-15,17-18,21-22H,5-6,8-9,16H2,1H3,(H,33,36)(H2,30,34,35). The zero-order valence-electron chi connectivity index (χ0n) is 20.6. The van der Waals surface area contributed by atoms with E-state index in [0.717, 1.165) is 48.4 Å². The first-order valence-electron chi connectivity index (χ1n) is 12.3. The Bertz CT molecular complexity index is 1410. The first kappa shape index (κ1) is 24.2. The molecule has 0 saturated heterocycles. The minimum Gasteiger partial charge on any atom is -0.497 e. The fourth-order valence-corrected chi connectivity index (χ4v) is 4.64. The van der Waals surface area contributed by atoms with Crippen LogP contribution < -0.4 is 15.8 Å². The molecule has 2 aliphatic rings. The summed E-state index contributed by atoms with van der Waals surface area (Å²) < 4.78 is 5.24. The second kappa shape index (κ2) is 11.0. The molecule has 1 atom stereocenters. The van der Waals surface area contributed by atoms with Gasteiger partial charge in [-0.3, -0.25) is 14.8 Å². The summed E-state index contributed by atoms with van der Waals surface area (Å²) in [5.41, 5.74) is 10.5. The minimum atomic E-state index is -0.00170. The van der Waals surface area contributed by atoms with Crippen LogP contribution in [0.3, 0.4) is 0 Å². The number of nitrogen functional groups attached to an aromatic ring is 1. The summed E-state index contributed by atoms with van der Waals surface area (Å²) in [6.45, 7) is 0. The van der Waals surface area contributed by atoms with Crippen LogP contribution >= 0.6 is 0 Å². The van der Waals surface area contributed by atoms with E-state index in [0.29, 0.717) is 23.8 Å². The Kier molecular flexibility index (Phi) is 7.22. The van der Waals surface area contributed by atoms with Gasteiger partial charge in [-0.25, -0.2) is 9.97 Å². The van der Waals surface area contributed by atoms with Crippen molar-refractivity contribution in [3.05, 3.63) is 77.5 Å². The number of allylic oxidation sites excluding steroid dienone is 2. The van der Waals surface area contributed by atoms with Gasteiger partial charge in [0.25, 0.3) is 0 Å². The van der Waals surface area contributed by atoms with Gasteiger partial charge in [-0.2, -0.15) is 0 Å². The van der Waals surface area contributed by atoms with E-state index in [2.05, 4.69) is 43.2 Å². The zero-order chi connectivity index (χ0) is 25.6. The molecule has 3 N–H and O–H groups in total. The smallest absolute Gasteiger partial charge is 0.227 e. The highest BCUT2D eigenvalue weighted by atomic mass is 16.5. The summed E-state index contributed by atoms with van der Waals surface area (Å²) in [5, 5.41) is 3.03. The van der Waals surface area contributed by atoms with Gasteiger partial charge in [-0.1, -0.05) is 23.6 Å². The molecule has 3 aromatic rings. The predicted octanol–water partition coefficient (Wildman–Crippen LogP) is 4.49. The van der Waals surface area contributed by atoms with Crippen LogP contribution in [0.4, 0.5) is 17.2 Å². The molecule has 2 aromatic heterocycles. The van der Waals surface area contributed by atoms with Crippen molar-refractivity contribution in [3.63, 3.8) is 0 Å². The van der Waals surface area contributed by atoms with Gasteiger partial charge in [0.15, 0.2) is 5.82 Å². The van der Waals surface area contributed by atoms with Crippen LogP contribution in [0.5, 0.6) is 5.75 Å². The molecule has 1 fully saturated rings. The molecule has 3 heterocycles. The Morgan fingerprint density at radius 2 is 1.95 bits per heavy atom. The third-order valence-corrected chi connectivity index (χ3v) is 6.59. The Morgan fingerprint density at radius 3 is 2.73 bits per heavy atom. The molecule has 8 nitrogen and oxygen atoms in total. The van der Waals surface area contributed by atoms with Crippen molar-refractivity contribution in [2.75, 3.05) is 18.2 Å². The maximum Gasteiger partial charge on any atom is 0.227 e. The quantitative estimate of drug-likeness (QED) is 0.410. The van der Waals surface area contributed by atoms with E-state index < -0.39 is 0 Å². The number of fused-ring (bicyclic) bond motifs is 1. The summed E-state index contributed by atoms with van der Waals surface area (Å²) >= 11 is 0. The van der Waals surface area contributed by atoms with Crippen LogP contribution in [0, 0.1) is 23.7 Å². The molecular formula is C29H28N6O2. The van der Waals surface area contributed by atoms with E-state index >= 15 is 0 Å². The fraction of sp³-hybridized carbons (Fsp3) is 0.276. The number of hydrogen-bond acceptors (Lipinski definition) is 7. The van der Waals surface area contributed by atoms with Crippen LogP contribution in [-0.4, -0.2) is 34.2 Å². The number of anilines is 2. The summed E-state index contributed by atoms with van der Waals surface area (Å²) in [6.07, 6.45) is 11.7. The number of hydrogen-bond donors (Lipinski definition) is 2. The van der Waals surface area contributed by atoms with Crippen LogP contribution in [0.2, 0.25) is 0 Å². The lowest BCUT2D eigenvalue weighted by Gasteiger charge is -2.25. The number of carbonyl (C=O) groups excluding carboxylic acids is 1. The van der Waals surface area contributed by atoms with Gasteiger partial charge < -0.3 is 15.8 Å². The number of aliphatic imine (C=N–C) groups is 1. The number of rotatable bonds is 4. The van der Waals surface area contributed by atoms with Gasteiger partial charge in [0.2, 0.25) is 11.7 Å². The number of carbonyl (C=O) groups is 1. The normalized spacial score (nSPS) is 18.2. The van der Waals surface area contributed by atoms with Crippen LogP contribution in [0.15, 0.2) is 65.4 Å². The Balaban J connectivity index is 1.20. The van der Waals surface area contributed by atoms with Gasteiger partial charge in [-0.05, 0) is 55.9 Å². The van der Waals surface area contributed by atoms with E-state index in [-0.39, 0.29) is 17.7 Å². The summed E-state index contributed by atoms with van der Waals surface area (Å²) in [5.74, 6) is 7.68. The number of ether oxygens (including phenoxy) is 1. The highest BCUT2D eigenvalue weighted by Gasteiger charge is 2.25. The third kappa shape index (κ3) is 6.01. The lowest BCUT2D eigenvalue weighted by atomic mass is 9.83. The molecule has 0 radical (unpaired) electrons. The summed E-state index contributed by atoms with van der Waals surface area (Å²) in [4.78, 5) is 30.3. The monoisotopic (exact) mass is 492 g/mol. The number of nitrogens with two attached hydrogens (primary N) is 1. The SMILES string of the molecule is COc1cccc(NC(=O)C2CCC(=CC3C=Nc4c(N)nc(C#Cc5ccncc5)nc4C3)CC2)c1. The Labute approximate surface area is 216 Å². The highest BCUT2D eigenvalue weighted by Crippen LogP contribution is 2.33. The summed E-state index contributed by atoms with van der Waals surface area (Å²) in [7, 11) is 1.62. The molecule has 1 saturated carbocycles. The first-order valence-corrected chi connectivity index (χ1v) is 12.3. The number of methoxy groups -OCH3 is 1. The maximum atomic E-state index is 12.8. The molecule has 1 aliphatic carbocycles. The molecule has 186 valence electrons. The van der Waals surface area contributed by atoms with Crippen molar-refractivity contribution in [2.24, 2.45) is 16.8 Å². The van der Waals surface area contributed by atoms with E-state index in [4.69, 9.17) is 10.5 Å². The van der Waals surface area contributed by atoms with Crippen molar-refractivity contribution in [3.8, 4) is 17.6 Å². The molecule has 1 aromatic carbocycles. The molecule has 37 heavy (non-hydrogen) atoms. The second-order valence-electron chi connectivity index (χ2n) is 9.18. The van der Waals surface area contributed by atoms with Crippen molar-refractivity contribution in [1.29, 1.82) is 0 Å². The van der Waals surface area contributed by atoms with Gasteiger partial charge in [-0.15, -0.1) is 0 Å². The minimum absolute atomic E-state index is 0.00170. The molecule has 8 heteroatoms. The molecule has 0 bridgehead atoms. The van der Waals surface area contributed by atoms with Crippen molar-refractivity contribution in [1.82, 2.24) is 15.0 Å². The number of nitrogens with zero attached hydrogens (tertiary/aromatic N) is 4. The third-order valence-electron chi connectivity index (χ3n) is 6.59. The number of amides is 1. The average molecular weight is 493 g/mol. The molecule has 1 amide bonds. The topological polar surface area (TPSA) is 115 Å². The molecule has 1 aliphatic heterocycles. The largest absolute Gasteiger partial charge is 0.497 e. The van der Waals surface area contributed by atoms with Gasteiger partial charge in [0.05, 0.1) is 12.8 Å². The summed E-state index contributed by atoms with van der Waals surface area (Å²) in [6, 6.07) is 11.1. The van der Waals surface area contributed by atoms with E-state index in [1.807, 2.05) is 42.6 Å². The number of pyridine rings is 1. The average Bonchev–Trinajstić information content (AvgIpc) is 2.93. The highest BCUT2D eigenvalue weighted by molar-refractivity contribution is 5.92. The second-order valence-corrected chi connectivity index (χ2v) is 9.18. The number of nitrogens with one attached hydrogen (secondary N) is 1. The number of benzene rings is 1. The molecule has 0 spiro atoms. The van der Waals surface area contributed by atoms with Gasteiger partial charge in [0, 0.05) is 54.2 Å². The maximum absolute atomic E-state index is 12.8. The zero-order valence-corrected chi connectivity index (χ0v) is 20.6. The first-order chi connectivity index (χ1) is 18.1. The van der Waals surface area contributed by atoms with Crippen molar-refractivity contribution in [2.45, 2.75) is 32.1 Å². The van der Waals surface area contributed by atoms with Crippen LogP contribution in [-0.2, 0) is 11.2 Å². The molecular weight excluding hydrogens is 464 g/mol. The lowest BCUT2D eigenvalue weighted by molar-refractivity contribution is -0.120. The molecule has 1 unspecified atom stereocenters. The van der Waals surface area contributed by atoms with E-state index in [9.17, 15) is 4.79 Å². The predicted molar refractivity (Wildman–Crippen MR) is 144 cm³/mol. The van der Waals surface area contributed by atoms with Crippen molar-refractivity contribution < 1.29 is 9.53 Å². The Morgan fingerprint density at radius 1 is 1.14 bits per heavy atom.